The van der Waals surface area contributed by atoms with Gasteiger partial charge in [-0.1, -0.05) is 72.8 Å². The maximum absolute atomic E-state index is 6.24. The maximum Gasteiger partial charge on any atom is 0.586 e. The highest BCUT2D eigenvalue weighted by Crippen LogP contribution is 2.32. The van der Waals surface area contributed by atoms with Gasteiger partial charge < -0.3 is 20.2 Å². The first-order valence-corrected chi connectivity index (χ1v) is 13.4. The number of aromatic amines is 1. The molecule has 198 valence electrons. The van der Waals surface area contributed by atoms with Crippen LogP contribution in [-0.2, 0) is 13.2 Å². The molecule has 1 aromatic heterocycles. The molecule has 5 rings (SSSR count). The van der Waals surface area contributed by atoms with Crippen LogP contribution in [-0.4, -0.2) is 30.2 Å². The molecule has 0 unspecified atom stereocenters. The SMILES string of the molecule is [B][N+]1=CC=CC1=C(CCN)c1[nH]c(/C=C/c2ccc(OCc3ccccc3)c(OCc3ccccc3)c2)cc1C. The van der Waals surface area contributed by atoms with Gasteiger partial charge in [-0.25, -0.2) is 0 Å². The highest BCUT2D eigenvalue weighted by molar-refractivity contribution is 6.01. The Labute approximate surface area is 237 Å². The molecule has 4 aromatic rings. The molecule has 0 fully saturated rings. The number of allylic oxidation sites excluding steroid dienone is 2. The molecule has 0 saturated heterocycles. The summed E-state index contributed by atoms with van der Waals surface area (Å²) < 4.78 is 14.0. The average Bonchev–Trinajstić information content (AvgIpc) is 3.58. The Morgan fingerprint density at radius 3 is 2.17 bits per heavy atom. The predicted molar refractivity (Wildman–Crippen MR) is 164 cm³/mol. The fourth-order valence-corrected chi connectivity index (χ4v) is 4.68. The monoisotopic (exact) mass is 526 g/mol. The standard InChI is InChI=1S/C34H33BN3O2/c1-25-21-29(37-34(25)30(18-19-36)31-13-8-20-38(31)35)16-14-26-15-17-32(39-23-27-9-4-2-5-10-27)33(22-26)40-24-28-11-6-3-7-12-28/h2-17,20-22,37H,18-19,23-24,36H2,1H3/q+1/b16-14+. The van der Waals surface area contributed by atoms with E-state index in [0.717, 1.165) is 51.3 Å². The molecule has 0 spiro atoms. The first-order chi connectivity index (χ1) is 19.6. The zero-order valence-electron chi connectivity index (χ0n) is 22.7. The van der Waals surface area contributed by atoms with Crippen LogP contribution in [0.25, 0.3) is 17.7 Å². The number of hydrogen-bond donors (Lipinski definition) is 2. The first kappa shape index (κ1) is 27.0. The van der Waals surface area contributed by atoms with E-state index >= 15 is 0 Å². The van der Waals surface area contributed by atoms with Gasteiger partial charge in [-0.2, -0.15) is 0 Å². The van der Waals surface area contributed by atoms with E-state index in [9.17, 15) is 0 Å². The van der Waals surface area contributed by atoms with Gasteiger partial charge in [0.25, 0.3) is 0 Å². The van der Waals surface area contributed by atoms with Crippen LogP contribution < -0.4 is 15.2 Å². The van der Waals surface area contributed by atoms with E-state index in [1.165, 1.54) is 0 Å². The Morgan fingerprint density at radius 1 is 0.875 bits per heavy atom. The van der Waals surface area contributed by atoms with E-state index in [4.69, 9.17) is 23.2 Å². The predicted octanol–water partition coefficient (Wildman–Crippen LogP) is 6.45. The number of nitrogens with one attached hydrogen (secondary N) is 1. The summed E-state index contributed by atoms with van der Waals surface area (Å²) in [7, 11) is 6.15. The van der Waals surface area contributed by atoms with Crippen LogP contribution in [0.5, 0.6) is 11.5 Å². The Bertz CT molecular complexity index is 1570. The van der Waals surface area contributed by atoms with Gasteiger partial charge in [0.2, 0.25) is 0 Å². The highest BCUT2D eigenvalue weighted by Gasteiger charge is 2.20. The topological polar surface area (TPSA) is 63.3 Å². The van der Waals surface area contributed by atoms with E-state index in [0.29, 0.717) is 31.3 Å². The summed E-state index contributed by atoms with van der Waals surface area (Å²) in [4.78, 5) is 3.56. The van der Waals surface area contributed by atoms with Crippen LogP contribution in [0.4, 0.5) is 0 Å². The van der Waals surface area contributed by atoms with E-state index in [-0.39, 0.29) is 0 Å². The Kier molecular flexibility index (Phi) is 8.79. The highest BCUT2D eigenvalue weighted by atomic mass is 16.5. The summed E-state index contributed by atoms with van der Waals surface area (Å²) in [5, 5.41) is 0. The number of nitrogens with zero attached hydrogens (tertiary/aromatic N) is 1. The van der Waals surface area contributed by atoms with E-state index in [2.05, 4.69) is 54.4 Å². The molecule has 6 heteroatoms. The van der Waals surface area contributed by atoms with Crippen molar-refractivity contribution in [2.75, 3.05) is 6.54 Å². The third kappa shape index (κ3) is 6.71. The van der Waals surface area contributed by atoms with Gasteiger partial charge in [0.05, 0.1) is 5.69 Å². The van der Waals surface area contributed by atoms with Crippen molar-refractivity contribution in [3.8, 4) is 11.5 Å². The fraction of sp³-hybridized carbons (Fsp3) is 0.147. The minimum atomic E-state index is 0.456. The number of aromatic nitrogens is 1. The maximum atomic E-state index is 6.24. The molecular weight excluding hydrogens is 493 g/mol. The Morgan fingerprint density at radius 2 is 1.55 bits per heavy atom. The number of hydrogen-bond acceptors (Lipinski definition) is 3. The lowest BCUT2D eigenvalue weighted by atomic mass is 10.0. The summed E-state index contributed by atoms with van der Waals surface area (Å²) >= 11 is 0. The number of ether oxygens (including phenoxy) is 2. The summed E-state index contributed by atoms with van der Waals surface area (Å²) in [6.45, 7) is 3.56. The van der Waals surface area contributed by atoms with Gasteiger partial charge in [0.1, 0.15) is 19.4 Å². The first-order valence-electron chi connectivity index (χ1n) is 13.4. The lowest BCUT2D eigenvalue weighted by molar-refractivity contribution is -0.294. The van der Waals surface area contributed by atoms with E-state index in [1.807, 2.05) is 73.0 Å². The van der Waals surface area contributed by atoms with Gasteiger partial charge in [0.15, 0.2) is 17.2 Å². The van der Waals surface area contributed by atoms with Crippen LogP contribution in [0.2, 0.25) is 0 Å². The third-order valence-corrected chi connectivity index (χ3v) is 6.72. The van der Waals surface area contributed by atoms with Crippen LogP contribution in [0.1, 0.15) is 40.1 Å². The van der Waals surface area contributed by atoms with E-state index in [1.54, 1.807) is 4.49 Å². The van der Waals surface area contributed by atoms with Crippen molar-refractivity contribution < 1.29 is 14.0 Å². The number of rotatable bonds is 11. The molecule has 0 saturated carbocycles. The number of nitrogens with two attached hydrogens (primary N) is 1. The van der Waals surface area contributed by atoms with Gasteiger partial charge >= 0.3 is 7.98 Å². The van der Waals surface area contributed by atoms with Crippen LogP contribution in [0.3, 0.4) is 0 Å². The number of aryl methyl sites for hydroxylation is 1. The van der Waals surface area contributed by atoms with Crippen LogP contribution >= 0.6 is 0 Å². The summed E-state index contributed by atoms with van der Waals surface area (Å²) in [5.74, 6) is 1.41. The zero-order chi connectivity index (χ0) is 27.7. The van der Waals surface area contributed by atoms with Gasteiger partial charge in [-0.3, -0.25) is 4.49 Å². The number of benzene rings is 3. The lowest BCUT2D eigenvalue weighted by Gasteiger charge is -2.14. The molecule has 1 aliphatic heterocycles. The molecular formula is C34H33BN3O2+. The second-order valence-corrected chi connectivity index (χ2v) is 9.69. The summed E-state index contributed by atoms with van der Waals surface area (Å²) in [6, 6.07) is 28.4. The molecule has 0 aliphatic carbocycles. The van der Waals surface area contributed by atoms with Crippen molar-refractivity contribution in [1.29, 1.82) is 0 Å². The molecule has 3 aromatic carbocycles. The average molecular weight is 526 g/mol. The molecule has 40 heavy (non-hydrogen) atoms. The van der Waals surface area contributed by atoms with Crippen molar-refractivity contribution in [3.05, 3.63) is 136 Å². The Balaban J connectivity index is 1.38. The van der Waals surface area contributed by atoms with Gasteiger partial charge in [-0.15, -0.1) is 0 Å². The summed E-state index contributed by atoms with van der Waals surface area (Å²) in [5.41, 5.74) is 14.4. The van der Waals surface area contributed by atoms with Crippen LogP contribution in [0, 0.1) is 6.92 Å². The minimum Gasteiger partial charge on any atom is -0.485 e. The van der Waals surface area contributed by atoms with Crippen LogP contribution in [0.15, 0.2) is 103 Å². The Hall–Kier alpha value is -4.55. The largest absolute Gasteiger partial charge is 0.586 e. The number of H-pyrrole nitrogens is 1. The summed E-state index contributed by atoms with van der Waals surface area (Å²) in [6.07, 6.45) is 10.7. The van der Waals surface area contributed by atoms with Crippen molar-refractivity contribution in [2.45, 2.75) is 26.6 Å². The molecule has 3 N–H and O–H groups in total. The lowest BCUT2D eigenvalue weighted by Crippen LogP contribution is -2.09. The zero-order valence-corrected chi connectivity index (χ0v) is 22.7. The molecule has 0 atom stereocenters. The van der Waals surface area contributed by atoms with Gasteiger partial charge in [0, 0.05) is 23.4 Å². The second kappa shape index (κ2) is 13.0. The molecule has 2 heterocycles. The molecule has 0 bridgehead atoms. The molecule has 1 aliphatic rings. The normalized spacial score (nSPS) is 14.0. The molecule has 0 amide bonds. The molecule has 5 nitrogen and oxygen atoms in total. The van der Waals surface area contributed by atoms with Gasteiger partial charge in [-0.05, 0) is 66.4 Å². The van der Waals surface area contributed by atoms with E-state index < -0.39 is 0 Å². The minimum absolute atomic E-state index is 0.456. The third-order valence-electron chi connectivity index (χ3n) is 6.72. The van der Waals surface area contributed by atoms with Crippen molar-refractivity contribution in [1.82, 2.24) is 4.98 Å². The fourth-order valence-electron chi connectivity index (χ4n) is 4.68. The molecule has 2 radical (unpaired) electrons. The van der Waals surface area contributed by atoms with Crippen molar-refractivity contribution in [2.24, 2.45) is 5.73 Å². The smallest absolute Gasteiger partial charge is 0.485 e. The quantitative estimate of drug-likeness (QED) is 0.221. The second-order valence-electron chi connectivity index (χ2n) is 9.69. The van der Waals surface area contributed by atoms with Crippen molar-refractivity contribution >= 4 is 31.9 Å². The van der Waals surface area contributed by atoms with Crippen molar-refractivity contribution in [3.63, 3.8) is 0 Å².